The summed E-state index contributed by atoms with van der Waals surface area (Å²) in [6, 6.07) is -0.544. The highest BCUT2D eigenvalue weighted by Crippen LogP contribution is 2.23. The number of hydrogen-bond acceptors (Lipinski definition) is 4. The Labute approximate surface area is 106 Å². The maximum atomic E-state index is 12.4. The van der Waals surface area contributed by atoms with Gasteiger partial charge in [-0.05, 0) is 12.8 Å². The molecule has 6 nitrogen and oxygen atoms in total. The molecule has 0 aromatic carbocycles. The lowest BCUT2D eigenvalue weighted by atomic mass is 10.1. The van der Waals surface area contributed by atoms with Crippen LogP contribution >= 0.6 is 0 Å². The molecule has 1 fully saturated rings. The molecule has 0 bridgehead atoms. The number of nitrogens with one attached hydrogen (secondary N) is 1. The van der Waals surface area contributed by atoms with Crippen LogP contribution in [-0.2, 0) is 21.2 Å². The quantitative estimate of drug-likeness (QED) is 0.818. The monoisotopic (exact) mass is 271 g/mol. The molecule has 7 heteroatoms. The molecule has 0 radical (unpaired) electrons. The van der Waals surface area contributed by atoms with Crippen molar-refractivity contribution in [3.63, 3.8) is 0 Å². The second-order valence-corrected chi connectivity index (χ2v) is 6.22. The lowest BCUT2D eigenvalue weighted by molar-refractivity contribution is -0.111. The molecule has 18 heavy (non-hydrogen) atoms. The summed E-state index contributed by atoms with van der Waals surface area (Å²) in [6.45, 7) is 2.29. The summed E-state index contributed by atoms with van der Waals surface area (Å²) in [5, 5.41) is 0.0769. The highest BCUT2D eigenvalue weighted by Gasteiger charge is 2.34. The average Bonchev–Trinajstić information content (AvgIpc) is 2.88. The molecule has 1 aromatic heterocycles. The Bertz CT molecular complexity index is 523. The van der Waals surface area contributed by atoms with E-state index in [4.69, 9.17) is 0 Å². The second kappa shape index (κ2) is 5.19. The zero-order valence-corrected chi connectivity index (χ0v) is 11.1. The van der Waals surface area contributed by atoms with Crippen molar-refractivity contribution >= 4 is 16.3 Å². The first kappa shape index (κ1) is 13.2. The molecule has 0 saturated carbocycles. The predicted molar refractivity (Wildman–Crippen MR) is 65.6 cm³/mol. The minimum atomic E-state index is -3.63. The zero-order chi connectivity index (χ0) is 13.2. The molecular weight excluding hydrogens is 254 g/mol. The number of nitrogens with zero attached hydrogens (tertiary/aromatic N) is 2. The van der Waals surface area contributed by atoms with Crippen molar-refractivity contribution in [1.29, 1.82) is 0 Å². The normalized spacial score (nSPS) is 21.9. The van der Waals surface area contributed by atoms with Crippen LogP contribution in [0.4, 0.5) is 0 Å². The summed E-state index contributed by atoms with van der Waals surface area (Å²) in [6.07, 6.45) is 4.96. The highest BCUT2D eigenvalue weighted by atomic mass is 32.2. The van der Waals surface area contributed by atoms with E-state index in [1.165, 1.54) is 10.5 Å². The topological polar surface area (TPSA) is 83.1 Å². The Balaban J connectivity index is 2.31. The zero-order valence-electron chi connectivity index (χ0n) is 10.3. The Morgan fingerprint density at radius 1 is 1.56 bits per heavy atom. The van der Waals surface area contributed by atoms with Gasteiger partial charge in [-0.25, -0.2) is 13.4 Å². The number of imidazole rings is 1. The Hall–Kier alpha value is -1.21. The van der Waals surface area contributed by atoms with Crippen molar-refractivity contribution in [3.8, 4) is 0 Å². The van der Waals surface area contributed by atoms with E-state index < -0.39 is 16.1 Å². The fourth-order valence-electron chi connectivity index (χ4n) is 2.15. The molecule has 1 saturated heterocycles. The number of hydrogen-bond donors (Lipinski definition) is 1. The number of H-pyrrole nitrogens is 1. The molecule has 0 spiro atoms. The van der Waals surface area contributed by atoms with Crippen molar-refractivity contribution in [1.82, 2.24) is 14.3 Å². The minimum Gasteiger partial charge on any atom is -0.332 e. The molecule has 2 rings (SSSR count). The van der Waals surface area contributed by atoms with Crippen molar-refractivity contribution in [2.75, 3.05) is 6.54 Å². The summed E-state index contributed by atoms with van der Waals surface area (Å²) in [5.41, 5.74) is 0. The Morgan fingerprint density at radius 3 is 2.94 bits per heavy atom. The van der Waals surface area contributed by atoms with Crippen LogP contribution in [0.5, 0.6) is 0 Å². The van der Waals surface area contributed by atoms with Crippen LogP contribution in [0.2, 0.25) is 0 Å². The van der Waals surface area contributed by atoms with E-state index in [9.17, 15) is 13.2 Å². The summed E-state index contributed by atoms with van der Waals surface area (Å²) in [4.78, 5) is 17.8. The van der Waals surface area contributed by atoms with Crippen molar-refractivity contribution in [2.45, 2.75) is 43.7 Å². The third kappa shape index (κ3) is 2.32. The number of rotatable bonds is 4. The Kier molecular flexibility index (Phi) is 3.82. The molecule has 0 aliphatic carbocycles. The molecule has 1 N–H and O–H groups in total. The summed E-state index contributed by atoms with van der Waals surface area (Å²) >= 11 is 0. The number of sulfonamides is 1. The lowest BCUT2D eigenvalue weighted by Gasteiger charge is -2.30. The number of piperidine rings is 1. The standard InChI is InChI=1S/C11H17N3O3S/c1-2-10-12-7-11(13-10)18(16,17)14-6-4-3-5-9(14)8-15/h7-9H,2-6H2,1H3,(H,12,13). The van der Waals surface area contributed by atoms with Crippen molar-refractivity contribution < 1.29 is 13.2 Å². The van der Waals surface area contributed by atoms with Crippen LogP contribution in [0.15, 0.2) is 11.2 Å². The Morgan fingerprint density at radius 2 is 2.33 bits per heavy atom. The molecular formula is C11H17N3O3S. The largest absolute Gasteiger partial charge is 0.332 e. The number of aldehydes is 1. The number of aryl methyl sites for hydroxylation is 1. The first-order valence-corrected chi connectivity index (χ1v) is 7.54. The molecule has 0 amide bonds. The molecule has 2 heterocycles. The maximum Gasteiger partial charge on any atom is 0.260 e. The summed E-state index contributed by atoms with van der Waals surface area (Å²) < 4.78 is 26.0. The molecule has 1 aliphatic rings. The van der Waals surface area contributed by atoms with E-state index in [-0.39, 0.29) is 5.03 Å². The minimum absolute atomic E-state index is 0.0769. The van der Waals surface area contributed by atoms with E-state index in [0.29, 0.717) is 31.5 Å². The summed E-state index contributed by atoms with van der Waals surface area (Å²) in [7, 11) is -3.63. The van der Waals surface area contributed by atoms with Gasteiger partial charge < -0.3 is 9.78 Å². The number of carbonyl (C=O) groups excluding carboxylic acids is 1. The highest BCUT2D eigenvalue weighted by molar-refractivity contribution is 7.89. The SMILES string of the molecule is CCc1ncc(S(=O)(=O)N2CCCCC2C=O)[nH]1. The van der Waals surface area contributed by atoms with Gasteiger partial charge in [-0.1, -0.05) is 13.3 Å². The van der Waals surface area contributed by atoms with Gasteiger partial charge in [-0.3, -0.25) is 0 Å². The van der Waals surface area contributed by atoms with E-state index in [1.807, 2.05) is 6.92 Å². The van der Waals surface area contributed by atoms with Crippen LogP contribution in [0.25, 0.3) is 0 Å². The number of carbonyl (C=O) groups is 1. The first-order valence-electron chi connectivity index (χ1n) is 6.10. The average molecular weight is 271 g/mol. The number of aromatic amines is 1. The molecule has 1 aromatic rings. The van der Waals surface area contributed by atoms with E-state index in [0.717, 1.165) is 12.8 Å². The van der Waals surface area contributed by atoms with Crippen molar-refractivity contribution in [2.24, 2.45) is 0 Å². The predicted octanol–water partition coefficient (Wildman–Crippen LogP) is 0.714. The molecule has 1 aliphatic heterocycles. The van der Waals surface area contributed by atoms with Crippen LogP contribution in [-0.4, -0.2) is 41.6 Å². The fraction of sp³-hybridized carbons (Fsp3) is 0.636. The van der Waals surface area contributed by atoms with Crippen molar-refractivity contribution in [3.05, 3.63) is 12.0 Å². The molecule has 100 valence electrons. The van der Waals surface area contributed by atoms with E-state index >= 15 is 0 Å². The van der Waals surface area contributed by atoms with Crippen LogP contribution < -0.4 is 0 Å². The smallest absolute Gasteiger partial charge is 0.260 e. The van der Waals surface area contributed by atoms with Crippen LogP contribution in [0, 0.1) is 0 Å². The van der Waals surface area contributed by atoms with Crippen LogP contribution in [0.3, 0.4) is 0 Å². The van der Waals surface area contributed by atoms with E-state index in [1.54, 1.807) is 0 Å². The van der Waals surface area contributed by atoms with E-state index in [2.05, 4.69) is 9.97 Å². The van der Waals surface area contributed by atoms with Gasteiger partial charge in [0.15, 0.2) is 5.03 Å². The van der Waals surface area contributed by atoms with Gasteiger partial charge in [0.1, 0.15) is 12.1 Å². The van der Waals surface area contributed by atoms with Crippen LogP contribution in [0.1, 0.15) is 32.0 Å². The van der Waals surface area contributed by atoms with Gasteiger partial charge in [0.05, 0.1) is 12.2 Å². The number of aromatic nitrogens is 2. The fourth-order valence-corrected chi connectivity index (χ4v) is 3.71. The second-order valence-electron chi connectivity index (χ2n) is 4.36. The van der Waals surface area contributed by atoms with Gasteiger partial charge in [0, 0.05) is 13.0 Å². The first-order chi connectivity index (χ1) is 8.59. The third-order valence-electron chi connectivity index (χ3n) is 3.18. The third-order valence-corrected chi connectivity index (χ3v) is 5.02. The molecule has 1 atom stereocenters. The maximum absolute atomic E-state index is 12.4. The van der Waals surface area contributed by atoms with Gasteiger partial charge >= 0.3 is 0 Å². The lowest BCUT2D eigenvalue weighted by Crippen LogP contribution is -2.44. The van der Waals surface area contributed by atoms with Gasteiger partial charge in [0.2, 0.25) is 0 Å². The summed E-state index contributed by atoms with van der Waals surface area (Å²) in [5.74, 6) is 0.633. The molecule has 1 unspecified atom stereocenters. The van der Waals surface area contributed by atoms with Gasteiger partial charge in [-0.2, -0.15) is 4.31 Å². The van der Waals surface area contributed by atoms with Gasteiger partial charge in [0.25, 0.3) is 10.0 Å². The van der Waals surface area contributed by atoms with Gasteiger partial charge in [-0.15, -0.1) is 0 Å².